The summed E-state index contributed by atoms with van der Waals surface area (Å²) in [5.41, 5.74) is 4.81. The zero-order valence-corrected chi connectivity index (χ0v) is 16.3. The predicted octanol–water partition coefficient (Wildman–Crippen LogP) is 4.22. The fourth-order valence-electron chi connectivity index (χ4n) is 2.64. The number of hydrogen-bond donors (Lipinski definition) is 5. The normalized spacial score (nSPS) is 10.7. The van der Waals surface area contributed by atoms with Crippen LogP contribution in [-0.4, -0.2) is 31.4 Å². The summed E-state index contributed by atoms with van der Waals surface area (Å²) in [6, 6.07) is 23.2. The van der Waals surface area contributed by atoms with Crippen molar-refractivity contribution in [2.75, 3.05) is 16.1 Å². The standard InChI is InChI=1S/C22H19N7O2/c30-18-12-11-15(19(31)13-18)14-23-29-22-27-20(24-16-7-3-1-4-8-16)26-21(28-22)25-17-9-5-2-6-10-17/h1-14,30-31H,(H3,24,25,26,27,28,29)/b23-14+. The number of aromatic nitrogens is 3. The molecule has 4 rings (SSSR count). The average molecular weight is 413 g/mol. The number of hydrogen-bond acceptors (Lipinski definition) is 9. The van der Waals surface area contributed by atoms with Crippen LogP contribution in [0.1, 0.15) is 5.56 Å². The Balaban J connectivity index is 1.58. The van der Waals surface area contributed by atoms with E-state index < -0.39 is 0 Å². The van der Waals surface area contributed by atoms with Crippen molar-refractivity contribution in [1.82, 2.24) is 15.0 Å². The second-order valence-electron chi connectivity index (χ2n) is 6.40. The van der Waals surface area contributed by atoms with E-state index in [1.165, 1.54) is 24.4 Å². The molecular formula is C22H19N7O2. The minimum absolute atomic E-state index is 0.0340. The lowest BCUT2D eigenvalue weighted by atomic mass is 10.2. The van der Waals surface area contributed by atoms with Crippen LogP contribution in [0.2, 0.25) is 0 Å². The second-order valence-corrected chi connectivity index (χ2v) is 6.40. The molecular weight excluding hydrogens is 394 g/mol. The first kappa shape index (κ1) is 19.6. The average Bonchev–Trinajstić information content (AvgIpc) is 2.77. The van der Waals surface area contributed by atoms with E-state index in [1.807, 2.05) is 60.7 Å². The summed E-state index contributed by atoms with van der Waals surface area (Å²) in [6.07, 6.45) is 1.40. The van der Waals surface area contributed by atoms with Gasteiger partial charge in [-0.25, -0.2) is 5.43 Å². The van der Waals surface area contributed by atoms with E-state index in [0.29, 0.717) is 17.5 Å². The fourth-order valence-corrected chi connectivity index (χ4v) is 2.64. The maximum atomic E-state index is 9.86. The van der Waals surface area contributed by atoms with Gasteiger partial charge >= 0.3 is 0 Å². The van der Waals surface area contributed by atoms with Crippen LogP contribution >= 0.6 is 0 Å². The van der Waals surface area contributed by atoms with Crippen molar-refractivity contribution in [3.63, 3.8) is 0 Å². The first-order valence-corrected chi connectivity index (χ1v) is 9.37. The van der Waals surface area contributed by atoms with E-state index in [2.05, 4.69) is 36.1 Å². The minimum atomic E-state index is -0.0981. The Morgan fingerprint density at radius 3 is 1.77 bits per heavy atom. The highest BCUT2D eigenvalue weighted by Gasteiger charge is 2.07. The maximum absolute atomic E-state index is 9.86. The third-order valence-electron chi connectivity index (χ3n) is 4.08. The van der Waals surface area contributed by atoms with Gasteiger partial charge in [0.1, 0.15) is 11.5 Å². The highest BCUT2D eigenvalue weighted by Crippen LogP contribution is 2.21. The van der Waals surface area contributed by atoms with Gasteiger partial charge in [-0.15, -0.1) is 0 Å². The molecule has 3 aromatic carbocycles. The number of anilines is 5. The number of nitrogens with zero attached hydrogens (tertiary/aromatic N) is 4. The molecule has 0 aliphatic rings. The van der Waals surface area contributed by atoms with Crippen molar-refractivity contribution in [3.8, 4) is 11.5 Å². The first-order valence-electron chi connectivity index (χ1n) is 9.37. The second kappa shape index (κ2) is 9.23. The summed E-state index contributed by atoms with van der Waals surface area (Å²) in [5.74, 6) is 0.711. The molecule has 0 unspecified atom stereocenters. The third kappa shape index (κ3) is 5.45. The number of para-hydroxylation sites is 2. The molecule has 0 aliphatic heterocycles. The lowest BCUT2D eigenvalue weighted by Gasteiger charge is -2.10. The Morgan fingerprint density at radius 1 is 0.677 bits per heavy atom. The number of benzene rings is 3. The fraction of sp³-hybridized carbons (Fsp3) is 0. The zero-order chi connectivity index (χ0) is 21.5. The van der Waals surface area contributed by atoms with Gasteiger partial charge in [-0.3, -0.25) is 0 Å². The smallest absolute Gasteiger partial charge is 0.250 e. The number of nitrogens with one attached hydrogen (secondary N) is 3. The summed E-state index contributed by atoms with van der Waals surface area (Å²) >= 11 is 0. The molecule has 0 spiro atoms. The lowest BCUT2D eigenvalue weighted by molar-refractivity contribution is 0.450. The Labute approximate surface area is 178 Å². The van der Waals surface area contributed by atoms with Gasteiger partial charge in [0.05, 0.1) is 6.21 Å². The predicted molar refractivity (Wildman–Crippen MR) is 120 cm³/mol. The number of phenolic OH excluding ortho intramolecular Hbond substituents is 2. The van der Waals surface area contributed by atoms with Crippen molar-refractivity contribution in [1.29, 1.82) is 0 Å². The van der Waals surface area contributed by atoms with E-state index >= 15 is 0 Å². The Morgan fingerprint density at radius 2 is 1.23 bits per heavy atom. The number of phenols is 2. The molecule has 5 N–H and O–H groups in total. The van der Waals surface area contributed by atoms with Crippen LogP contribution in [0.3, 0.4) is 0 Å². The summed E-state index contributed by atoms with van der Waals surface area (Å²) in [7, 11) is 0. The van der Waals surface area contributed by atoms with Gasteiger partial charge in [0.15, 0.2) is 0 Å². The number of rotatable bonds is 7. The van der Waals surface area contributed by atoms with Gasteiger partial charge < -0.3 is 20.8 Å². The highest BCUT2D eigenvalue weighted by atomic mass is 16.3. The number of hydrazone groups is 1. The van der Waals surface area contributed by atoms with Gasteiger partial charge in [0.25, 0.3) is 0 Å². The Kier molecular flexibility index (Phi) is 5.85. The van der Waals surface area contributed by atoms with Gasteiger partial charge in [-0.1, -0.05) is 36.4 Å². The quantitative estimate of drug-likeness (QED) is 0.225. The van der Waals surface area contributed by atoms with E-state index in [-0.39, 0.29) is 17.4 Å². The topological polar surface area (TPSA) is 128 Å². The van der Waals surface area contributed by atoms with Crippen LogP contribution in [0, 0.1) is 0 Å². The Hall–Kier alpha value is -4.66. The molecule has 4 aromatic rings. The molecule has 9 nitrogen and oxygen atoms in total. The molecule has 0 saturated heterocycles. The molecule has 0 radical (unpaired) electrons. The summed E-state index contributed by atoms with van der Waals surface area (Å²) in [5, 5.41) is 29.6. The highest BCUT2D eigenvalue weighted by molar-refractivity contribution is 5.84. The van der Waals surface area contributed by atoms with Crippen molar-refractivity contribution < 1.29 is 10.2 Å². The van der Waals surface area contributed by atoms with Crippen LogP contribution in [-0.2, 0) is 0 Å². The molecule has 0 saturated carbocycles. The lowest BCUT2D eigenvalue weighted by Crippen LogP contribution is -2.07. The molecule has 0 bridgehead atoms. The van der Waals surface area contributed by atoms with E-state index in [0.717, 1.165) is 11.4 Å². The zero-order valence-electron chi connectivity index (χ0n) is 16.3. The molecule has 31 heavy (non-hydrogen) atoms. The van der Waals surface area contributed by atoms with Crippen molar-refractivity contribution in [2.24, 2.45) is 5.10 Å². The van der Waals surface area contributed by atoms with Gasteiger partial charge in [0, 0.05) is 23.0 Å². The third-order valence-corrected chi connectivity index (χ3v) is 4.08. The molecule has 1 heterocycles. The molecule has 154 valence electrons. The van der Waals surface area contributed by atoms with Crippen molar-refractivity contribution >= 4 is 35.4 Å². The SMILES string of the molecule is Oc1ccc(/C=N/Nc2nc(Nc3ccccc3)nc(Nc3ccccc3)n2)c(O)c1. The molecule has 0 aliphatic carbocycles. The van der Waals surface area contributed by atoms with Crippen LogP contribution in [0.15, 0.2) is 84.0 Å². The summed E-state index contributed by atoms with van der Waals surface area (Å²) in [4.78, 5) is 13.1. The minimum Gasteiger partial charge on any atom is -0.508 e. The van der Waals surface area contributed by atoms with Crippen LogP contribution in [0.5, 0.6) is 11.5 Å². The van der Waals surface area contributed by atoms with E-state index in [9.17, 15) is 10.2 Å². The summed E-state index contributed by atoms with van der Waals surface area (Å²) < 4.78 is 0. The van der Waals surface area contributed by atoms with Crippen molar-refractivity contribution in [2.45, 2.75) is 0 Å². The van der Waals surface area contributed by atoms with Crippen molar-refractivity contribution in [3.05, 3.63) is 84.4 Å². The van der Waals surface area contributed by atoms with Gasteiger partial charge in [0.2, 0.25) is 17.8 Å². The maximum Gasteiger partial charge on any atom is 0.250 e. The molecule has 0 atom stereocenters. The molecule has 9 heteroatoms. The Bertz CT molecular complexity index is 1130. The monoisotopic (exact) mass is 413 g/mol. The van der Waals surface area contributed by atoms with Crippen LogP contribution in [0.4, 0.5) is 29.2 Å². The van der Waals surface area contributed by atoms with Gasteiger partial charge in [-0.05, 0) is 36.4 Å². The van der Waals surface area contributed by atoms with E-state index in [1.54, 1.807) is 0 Å². The number of aromatic hydroxyl groups is 2. The summed E-state index contributed by atoms with van der Waals surface area (Å²) in [6.45, 7) is 0. The van der Waals surface area contributed by atoms with Gasteiger partial charge in [-0.2, -0.15) is 20.1 Å². The molecule has 0 amide bonds. The van der Waals surface area contributed by atoms with Crippen LogP contribution in [0.25, 0.3) is 0 Å². The van der Waals surface area contributed by atoms with E-state index in [4.69, 9.17) is 0 Å². The largest absolute Gasteiger partial charge is 0.508 e. The molecule has 0 fully saturated rings. The first-order chi connectivity index (χ1) is 15.2. The molecule has 1 aromatic heterocycles. The van der Waals surface area contributed by atoms with Crippen LogP contribution < -0.4 is 16.1 Å².